The van der Waals surface area contributed by atoms with Crippen molar-refractivity contribution in [2.45, 2.75) is 19.3 Å². The van der Waals surface area contributed by atoms with Crippen LogP contribution in [0.15, 0.2) is 29.8 Å². The highest BCUT2D eigenvalue weighted by molar-refractivity contribution is 6.00. The van der Waals surface area contributed by atoms with Gasteiger partial charge in [-0.1, -0.05) is 6.92 Å². The summed E-state index contributed by atoms with van der Waals surface area (Å²) >= 11 is 0. The molecule has 1 saturated carbocycles. The van der Waals surface area contributed by atoms with E-state index in [0.717, 1.165) is 18.5 Å². The first-order valence-electron chi connectivity index (χ1n) is 9.65. The van der Waals surface area contributed by atoms with Gasteiger partial charge in [0.25, 0.3) is 0 Å². The summed E-state index contributed by atoms with van der Waals surface area (Å²) in [5.41, 5.74) is -1.27. The zero-order valence-electron chi connectivity index (χ0n) is 16.5. The molecule has 1 aromatic rings. The molecule has 0 aromatic heterocycles. The normalized spacial score (nSPS) is 27.6. The second kappa shape index (κ2) is 8.03. The summed E-state index contributed by atoms with van der Waals surface area (Å²) in [6.45, 7) is 4.27. The van der Waals surface area contributed by atoms with E-state index in [2.05, 4.69) is 13.0 Å². The maximum Gasteiger partial charge on any atom is 0.190 e. The molecule has 2 aliphatic rings. The number of nitrogens with zero attached hydrogens (tertiary/aromatic N) is 3. The summed E-state index contributed by atoms with van der Waals surface area (Å²) in [6, 6.07) is 10.4. The van der Waals surface area contributed by atoms with Crippen LogP contribution in [-0.2, 0) is 0 Å². The predicted molar refractivity (Wildman–Crippen MR) is 104 cm³/mol. The van der Waals surface area contributed by atoms with E-state index in [0.29, 0.717) is 18.8 Å². The van der Waals surface area contributed by atoms with Gasteiger partial charge in [0.2, 0.25) is 0 Å². The third kappa shape index (κ3) is 3.16. The van der Waals surface area contributed by atoms with Crippen molar-refractivity contribution in [3.05, 3.63) is 41.2 Å². The Balaban J connectivity index is 2.27. The minimum atomic E-state index is -1.91. The van der Waals surface area contributed by atoms with Gasteiger partial charge in [0.15, 0.2) is 5.41 Å². The van der Waals surface area contributed by atoms with Gasteiger partial charge >= 0.3 is 0 Å². The highest BCUT2D eigenvalue weighted by Crippen LogP contribution is 2.53. The second-order valence-electron chi connectivity index (χ2n) is 7.59. The van der Waals surface area contributed by atoms with Gasteiger partial charge in [0.1, 0.15) is 17.5 Å². The summed E-state index contributed by atoms with van der Waals surface area (Å²) < 4.78 is 20.2. The van der Waals surface area contributed by atoms with Crippen molar-refractivity contribution < 1.29 is 14.0 Å². The van der Waals surface area contributed by atoms with Crippen molar-refractivity contribution in [1.29, 1.82) is 21.2 Å². The second-order valence-corrected chi connectivity index (χ2v) is 7.59. The van der Waals surface area contributed by atoms with Crippen LogP contribution in [0.25, 0.3) is 0 Å². The topological polar surface area (TPSA) is 109 Å². The van der Waals surface area contributed by atoms with Crippen molar-refractivity contribution in [3.8, 4) is 24.0 Å². The van der Waals surface area contributed by atoms with Crippen LogP contribution in [-0.4, -0.2) is 32.5 Å². The average Bonchev–Trinajstić information content (AvgIpc) is 2.74. The molecule has 3 rings (SSSR count). The Bertz CT molecular complexity index is 966. The van der Waals surface area contributed by atoms with Crippen LogP contribution in [0, 0.1) is 62.5 Å². The Labute approximate surface area is 169 Å². The largest absolute Gasteiger partial charge is 0.497 e. The van der Waals surface area contributed by atoms with Gasteiger partial charge in [0.05, 0.1) is 50.7 Å². The number of halogens is 1. The molecule has 1 aliphatic heterocycles. The number of hydrogen-bond acceptors (Lipinski definition) is 5. The summed E-state index contributed by atoms with van der Waals surface area (Å²) in [5.74, 6) is -2.34. The summed E-state index contributed by atoms with van der Waals surface area (Å²) in [5, 5.41) is 38.4. The standard InChI is InChI=1S/C22H22FN5O/c1-3-7-28-8-6-15-17(10-24)21(27)22(12-25,13-26)20(18(15)11-28)16-9-14(29-2)4-5-19(16)23/h4-6,9,17-18,20,27H,3,7-8,11H2,1-2H3/p+1/t17?,18-,20+/m1/s1. The molecule has 1 heterocycles. The van der Waals surface area contributed by atoms with Gasteiger partial charge < -0.3 is 15.0 Å². The minimum Gasteiger partial charge on any atom is -0.497 e. The zero-order valence-corrected chi connectivity index (χ0v) is 16.5. The van der Waals surface area contributed by atoms with Gasteiger partial charge in [-0.15, -0.1) is 0 Å². The molecule has 7 heteroatoms. The van der Waals surface area contributed by atoms with Crippen molar-refractivity contribution in [2.24, 2.45) is 17.3 Å². The van der Waals surface area contributed by atoms with Gasteiger partial charge in [-0.25, -0.2) is 4.39 Å². The molecule has 2 N–H and O–H groups in total. The van der Waals surface area contributed by atoms with E-state index in [9.17, 15) is 20.2 Å². The molecule has 0 radical (unpaired) electrons. The molecular weight excluding hydrogens is 369 g/mol. The molecule has 6 nitrogen and oxygen atoms in total. The van der Waals surface area contributed by atoms with Gasteiger partial charge in [-0.05, 0) is 41.8 Å². The van der Waals surface area contributed by atoms with Gasteiger partial charge in [-0.2, -0.15) is 15.8 Å². The van der Waals surface area contributed by atoms with E-state index in [1.165, 1.54) is 30.2 Å². The Hall–Kier alpha value is -3.21. The van der Waals surface area contributed by atoms with Crippen molar-refractivity contribution in [3.63, 3.8) is 0 Å². The molecule has 0 saturated heterocycles. The summed E-state index contributed by atoms with van der Waals surface area (Å²) in [6.07, 6.45) is 2.91. The van der Waals surface area contributed by atoms with Crippen LogP contribution >= 0.6 is 0 Å². The first-order valence-corrected chi connectivity index (χ1v) is 9.65. The molecule has 4 atom stereocenters. The number of ether oxygens (including phenoxy) is 1. The van der Waals surface area contributed by atoms with Crippen LogP contribution < -0.4 is 9.64 Å². The molecule has 1 aliphatic carbocycles. The SMILES string of the molecule is CCC[NH+]1CC=C2C(C#N)C(=N)C(C#N)(C#N)[C@@H](c3cc(OC)ccc3F)[C@@H]2C1. The number of quaternary nitrogens is 1. The lowest BCUT2D eigenvalue weighted by Crippen LogP contribution is -3.13. The lowest BCUT2D eigenvalue weighted by Gasteiger charge is -2.46. The van der Waals surface area contributed by atoms with Crippen molar-refractivity contribution >= 4 is 5.71 Å². The fourth-order valence-corrected chi connectivity index (χ4v) is 4.75. The quantitative estimate of drug-likeness (QED) is 0.764. The molecule has 0 bridgehead atoms. The fraction of sp³-hybridized carbons (Fsp3) is 0.455. The van der Waals surface area contributed by atoms with E-state index >= 15 is 0 Å². The van der Waals surface area contributed by atoms with Crippen LogP contribution in [0.5, 0.6) is 5.75 Å². The molecule has 29 heavy (non-hydrogen) atoms. The monoisotopic (exact) mass is 392 g/mol. The molecule has 0 amide bonds. The van der Waals surface area contributed by atoms with Crippen molar-refractivity contribution in [1.82, 2.24) is 0 Å². The van der Waals surface area contributed by atoms with Crippen LogP contribution in [0.1, 0.15) is 24.8 Å². The Morgan fingerprint density at radius 1 is 1.31 bits per heavy atom. The number of methoxy groups -OCH3 is 1. The first-order chi connectivity index (χ1) is 14.0. The summed E-state index contributed by atoms with van der Waals surface area (Å²) in [4.78, 5) is 1.25. The van der Waals surface area contributed by atoms with Gasteiger partial charge in [0, 0.05) is 11.8 Å². The van der Waals surface area contributed by atoms with Crippen molar-refractivity contribution in [2.75, 3.05) is 26.7 Å². The molecule has 1 fully saturated rings. The maximum absolute atomic E-state index is 15.0. The third-order valence-electron chi connectivity index (χ3n) is 6.10. The number of fused-ring (bicyclic) bond motifs is 1. The molecule has 148 valence electrons. The average molecular weight is 392 g/mol. The predicted octanol–water partition coefficient (Wildman–Crippen LogP) is 1.98. The molecule has 1 aromatic carbocycles. The Morgan fingerprint density at radius 2 is 2.03 bits per heavy atom. The van der Waals surface area contributed by atoms with E-state index < -0.39 is 23.1 Å². The zero-order chi connectivity index (χ0) is 21.2. The maximum atomic E-state index is 15.0. The van der Waals surface area contributed by atoms with Crippen LogP contribution in [0.2, 0.25) is 0 Å². The number of benzene rings is 1. The smallest absolute Gasteiger partial charge is 0.190 e. The Morgan fingerprint density at radius 3 is 2.62 bits per heavy atom. The minimum absolute atomic E-state index is 0.183. The highest BCUT2D eigenvalue weighted by atomic mass is 19.1. The highest BCUT2D eigenvalue weighted by Gasteiger charge is 2.59. The molecule has 0 spiro atoms. The number of hydrogen-bond donors (Lipinski definition) is 2. The molecule has 2 unspecified atom stereocenters. The number of rotatable bonds is 4. The lowest BCUT2D eigenvalue weighted by atomic mass is 9.54. The third-order valence-corrected chi connectivity index (χ3v) is 6.10. The molecular formula is C22H23FN5O+. The summed E-state index contributed by atoms with van der Waals surface area (Å²) in [7, 11) is 1.46. The van der Waals surface area contributed by atoms with Crippen LogP contribution in [0.3, 0.4) is 0 Å². The van der Waals surface area contributed by atoms with E-state index in [4.69, 9.17) is 10.1 Å². The number of nitriles is 3. The van der Waals surface area contributed by atoms with E-state index in [1.807, 2.05) is 18.2 Å². The van der Waals surface area contributed by atoms with E-state index in [1.54, 1.807) is 0 Å². The van der Waals surface area contributed by atoms with Gasteiger partial charge in [-0.3, -0.25) is 0 Å². The first kappa shape index (κ1) is 20.5. The van der Waals surface area contributed by atoms with Crippen LogP contribution in [0.4, 0.5) is 4.39 Å². The fourth-order valence-electron chi connectivity index (χ4n) is 4.75. The van der Waals surface area contributed by atoms with E-state index in [-0.39, 0.29) is 17.2 Å². The lowest BCUT2D eigenvalue weighted by molar-refractivity contribution is -0.899. The Kier molecular flexibility index (Phi) is 5.69. The number of nitrogens with one attached hydrogen (secondary N) is 2.